The lowest BCUT2D eigenvalue weighted by atomic mass is 9.97. The minimum Gasteiger partial charge on any atom is -0.455 e. The first-order valence-electron chi connectivity index (χ1n) is 12.8. The van der Waals surface area contributed by atoms with Crippen molar-refractivity contribution < 1.29 is 31.2 Å². The number of nitrogens with one attached hydrogen (secondary N) is 2. The molecule has 0 spiro atoms. The zero-order valence-electron chi connectivity index (χ0n) is 23.3. The fraction of sp³-hybridized carbons (Fsp3) is 0.267. The predicted molar refractivity (Wildman–Crippen MR) is 156 cm³/mol. The van der Waals surface area contributed by atoms with E-state index in [9.17, 15) is 26.8 Å². The second kappa shape index (κ2) is 11.3. The topological polar surface area (TPSA) is 109 Å². The Balaban J connectivity index is 2.05. The highest BCUT2D eigenvalue weighted by Gasteiger charge is 2.27. The zero-order chi connectivity index (χ0) is 30.1. The van der Waals surface area contributed by atoms with Crippen molar-refractivity contribution in [2.24, 2.45) is 0 Å². The number of benzene rings is 3. The van der Waals surface area contributed by atoms with E-state index in [1.54, 1.807) is 30.3 Å². The number of sulfonamides is 1. The Morgan fingerprint density at radius 2 is 1.66 bits per heavy atom. The van der Waals surface area contributed by atoms with Crippen molar-refractivity contribution >= 4 is 38.5 Å². The van der Waals surface area contributed by atoms with Crippen molar-refractivity contribution in [2.75, 3.05) is 30.8 Å². The van der Waals surface area contributed by atoms with Crippen molar-refractivity contribution in [3.63, 3.8) is 0 Å². The summed E-state index contributed by atoms with van der Waals surface area (Å²) < 4.78 is 59.9. The summed E-state index contributed by atoms with van der Waals surface area (Å²) in [6.45, 7) is 4.12. The van der Waals surface area contributed by atoms with Gasteiger partial charge in [0, 0.05) is 40.7 Å². The van der Waals surface area contributed by atoms with Crippen molar-refractivity contribution in [2.45, 2.75) is 26.3 Å². The number of halogens is 2. The van der Waals surface area contributed by atoms with Crippen molar-refractivity contribution in [3.05, 3.63) is 77.6 Å². The maximum Gasteiger partial charge on any atom is 0.255 e. The highest BCUT2D eigenvalue weighted by molar-refractivity contribution is 7.92. The van der Waals surface area contributed by atoms with Crippen LogP contribution in [0, 0.1) is 5.82 Å². The number of carbonyl (C=O) groups excluding carboxylic acids is 2. The Labute approximate surface area is 237 Å². The number of fused-ring (bicyclic) bond motifs is 1. The summed E-state index contributed by atoms with van der Waals surface area (Å²) in [6, 6.07) is 15.0. The fourth-order valence-electron chi connectivity index (χ4n) is 4.51. The molecule has 8 nitrogen and oxygen atoms in total. The Bertz CT molecular complexity index is 1730. The summed E-state index contributed by atoms with van der Waals surface area (Å²) in [5, 5.41) is 5.83. The van der Waals surface area contributed by atoms with Crippen LogP contribution >= 0.6 is 0 Å². The molecule has 0 bridgehead atoms. The molecule has 41 heavy (non-hydrogen) atoms. The van der Waals surface area contributed by atoms with Crippen molar-refractivity contribution in [3.8, 4) is 22.5 Å². The van der Waals surface area contributed by atoms with Gasteiger partial charge in [-0.2, -0.15) is 0 Å². The molecule has 3 aromatic carbocycles. The Morgan fingerprint density at radius 1 is 0.976 bits per heavy atom. The summed E-state index contributed by atoms with van der Waals surface area (Å²) >= 11 is 0. The van der Waals surface area contributed by atoms with Crippen LogP contribution in [0.1, 0.15) is 41.5 Å². The average molecular weight is 584 g/mol. The minimum absolute atomic E-state index is 0.105. The quantitative estimate of drug-likeness (QED) is 0.284. The van der Waals surface area contributed by atoms with Gasteiger partial charge in [0.25, 0.3) is 11.8 Å². The van der Waals surface area contributed by atoms with Gasteiger partial charge in [-0.05, 0) is 68.8 Å². The number of anilines is 1. The molecule has 4 rings (SSSR count). The van der Waals surface area contributed by atoms with Gasteiger partial charge in [0.15, 0.2) is 0 Å². The second-order valence-electron chi connectivity index (χ2n) is 10.6. The van der Waals surface area contributed by atoms with E-state index in [1.165, 1.54) is 37.4 Å². The smallest absolute Gasteiger partial charge is 0.255 e. The van der Waals surface area contributed by atoms with Crippen molar-refractivity contribution in [1.29, 1.82) is 0 Å². The van der Waals surface area contributed by atoms with E-state index >= 15 is 0 Å². The van der Waals surface area contributed by atoms with E-state index in [-0.39, 0.29) is 28.5 Å². The average Bonchev–Trinajstić information content (AvgIpc) is 3.28. The number of carbonyl (C=O) groups is 2. The van der Waals surface area contributed by atoms with E-state index in [1.807, 2.05) is 20.8 Å². The van der Waals surface area contributed by atoms with Crippen LogP contribution in [-0.2, 0) is 10.0 Å². The molecule has 0 aliphatic rings. The van der Waals surface area contributed by atoms with E-state index in [4.69, 9.17) is 4.42 Å². The molecule has 0 saturated carbocycles. The SMILES string of the molecule is CNC(=O)c1c(-c2ccc(F)cc2)oc2cc(N(CCF)S(C)(=O)=O)c(-c3cccc(C(=O)NC(C)(C)C)c3)cc12. The molecule has 2 N–H and O–H groups in total. The summed E-state index contributed by atoms with van der Waals surface area (Å²) in [6.07, 6.45) is 0.964. The maximum atomic E-state index is 13.6. The third kappa shape index (κ3) is 6.40. The number of hydrogen-bond acceptors (Lipinski definition) is 5. The lowest BCUT2D eigenvalue weighted by Crippen LogP contribution is -2.40. The molecule has 4 aromatic rings. The van der Waals surface area contributed by atoms with E-state index in [0.717, 1.165) is 10.6 Å². The van der Waals surface area contributed by atoms with Crippen LogP contribution in [0.5, 0.6) is 0 Å². The van der Waals surface area contributed by atoms with Crippen LogP contribution in [0.3, 0.4) is 0 Å². The third-order valence-electron chi connectivity index (χ3n) is 6.25. The predicted octanol–water partition coefficient (Wildman–Crippen LogP) is 5.53. The molecule has 0 saturated heterocycles. The fourth-order valence-corrected chi connectivity index (χ4v) is 5.42. The number of nitrogens with zero attached hydrogens (tertiary/aromatic N) is 1. The van der Waals surface area contributed by atoms with Crippen LogP contribution in [-0.4, -0.2) is 52.3 Å². The Kier molecular flexibility index (Phi) is 8.21. The molecule has 1 aromatic heterocycles. The Hall–Kier alpha value is -4.25. The first-order valence-corrected chi connectivity index (χ1v) is 14.6. The number of alkyl halides is 1. The van der Waals surface area contributed by atoms with Gasteiger partial charge in [-0.3, -0.25) is 13.9 Å². The van der Waals surface area contributed by atoms with Gasteiger partial charge >= 0.3 is 0 Å². The molecule has 0 atom stereocenters. The van der Waals surface area contributed by atoms with Crippen LogP contribution in [0.2, 0.25) is 0 Å². The lowest BCUT2D eigenvalue weighted by molar-refractivity contribution is 0.0918. The van der Waals surface area contributed by atoms with Crippen molar-refractivity contribution in [1.82, 2.24) is 10.6 Å². The highest BCUT2D eigenvalue weighted by Crippen LogP contribution is 2.41. The van der Waals surface area contributed by atoms with Gasteiger partial charge in [0.2, 0.25) is 10.0 Å². The van der Waals surface area contributed by atoms with Gasteiger partial charge in [-0.1, -0.05) is 12.1 Å². The molecule has 1 heterocycles. The number of rotatable bonds is 8. The molecule has 0 radical (unpaired) electrons. The van der Waals surface area contributed by atoms with Crippen LogP contribution in [0.4, 0.5) is 14.5 Å². The molecule has 216 valence electrons. The summed E-state index contributed by atoms with van der Waals surface area (Å²) in [7, 11) is -2.51. The molecule has 0 unspecified atom stereocenters. The summed E-state index contributed by atoms with van der Waals surface area (Å²) in [5.74, 6) is -1.14. The molecule has 0 aliphatic heterocycles. The molecular formula is C30H31F2N3O5S. The van der Waals surface area contributed by atoms with Gasteiger partial charge in [0.1, 0.15) is 23.8 Å². The van der Waals surface area contributed by atoms with Gasteiger partial charge in [-0.15, -0.1) is 0 Å². The molecule has 0 fully saturated rings. The van der Waals surface area contributed by atoms with Crippen LogP contribution in [0.15, 0.2) is 65.1 Å². The van der Waals surface area contributed by atoms with Gasteiger partial charge in [-0.25, -0.2) is 17.2 Å². The van der Waals surface area contributed by atoms with E-state index in [0.29, 0.717) is 27.6 Å². The number of furan rings is 1. The van der Waals surface area contributed by atoms with Gasteiger partial charge < -0.3 is 15.1 Å². The summed E-state index contributed by atoms with van der Waals surface area (Å²) in [5.41, 5.74) is 1.47. The maximum absolute atomic E-state index is 13.6. The molecule has 0 aliphatic carbocycles. The van der Waals surface area contributed by atoms with Gasteiger partial charge in [0.05, 0.1) is 24.1 Å². The minimum atomic E-state index is -3.96. The first kappa shape index (κ1) is 29.7. The highest BCUT2D eigenvalue weighted by atomic mass is 32.2. The third-order valence-corrected chi connectivity index (χ3v) is 7.43. The molecular weight excluding hydrogens is 552 g/mol. The second-order valence-corrected chi connectivity index (χ2v) is 12.5. The molecule has 2 amide bonds. The number of amides is 2. The lowest BCUT2D eigenvalue weighted by Gasteiger charge is -2.24. The van der Waals surface area contributed by atoms with Crippen LogP contribution in [0.25, 0.3) is 33.4 Å². The largest absolute Gasteiger partial charge is 0.455 e. The van der Waals surface area contributed by atoms with E-state index < -0.39 is 40.5 Å². The monoisotopic (exact) mass is 583 g/mol. The standard InChI is InChI=1S/C30H31F2N3O5S/c1-30(2,3)34-28(36)20-8-6-7-19(15-20)22-16-23-25(17-24(22)35(14-13-31)41(5,38)39)40-27(26(23)29(37)33-4)18-9-11-21(32)12-10-18/h6-12,15-17H,13-14H2,1-5H3,(H,33,37)(H,34,36). The Morgan fingerprint density at radius 3 is 2.24 bits per heavy atom. The molecule has 11 heteroatoms. The van der Waals surface area contributed by atoms with Crippen LogP contribution < -0.4 is 14.9 Å². The zero-order valence-corrected chi connectivity index (χ0v) is 24.2. The normalized spacial score (nSPS) is 11.9. The number of hydrogen-bond donors (Lipinski definition) is 2. The first-order chi connectivity index (χ1) is 19.2. The van der Waals surface area contributed by atoms with E-state index in [2.05, 4.69) is 10.6 Å². The summed E-state index contributed by atoms with van der Waals surface area (Å²) in [4.78, 5) is 26.0.